The Bertz CT molecular complexity index is 1260. The summed E-state index contributed by atoms with van der Waals surface area (Å²) in [4.78, 5) is 40.5. The molecule has 1 aliphatic heterocycles. The standard InChI is InChI=1S/C36H44N2O4/c1-27(2)36(26-42-28(3)39,31-20-11-6-12-21-31)24-14-13-23-33(40)38-25-15-22-32(38)35(41)37-34(29-16-7-4-8-17-29)30-18-9-5-10-19-30/h4-12,16-21,27,32,34H,13-15,22-26H2,1-3H3,(H,37,41)/t32-,36?/m0/s1. The van der Waals surface area contributed by atoms with Crippen molar-refractivity contribution in [1.82, 2.24) is 10.2 Å². The van der Waals surface area contributed by atoms with Crippen molar-refractivity contribution in [2.75, 3.05) is 13.2 Å². The molecule has 1 saturated heterocycles. The van der Waals surface area contributed by atoms with Crippen LogP contribution in [0.5, 0.6) is 0 Å². The van der Waals surface area contributed by atoms with Crippen molar-refractivity contribution in [2.24, 2.45) is 5.92 Å². The van der Waals surface area contributed by atoms with E-state index in [9.17, 15) is 14.4 Å². The van der Waals surface area contributed by atoms with E-state index in [1.54, 1.807) is 4.90 Å². The fourth-order valence-corrected chi connectivity index (χ4v) is 6.18. The highest BCUT2D eigenvalue weighted by molar-refractivity contribution is 5.88. The Morgan fingerprint density at radius 1 is 0.881 bits per heavy atom. The highest BCUT2D eigenvalue weighted by atomic mass is 16.5. The molecule has 0 aromatic heterocycles. The highest BCUT2D eigenvalue weighted by Crippen LogP contribution is 2.38. The zero-order valence-corrected chi connectivity index (χ0v) is 25.1. The fourth-order valence-electron chi connectivity index (χ4n) is 6.18. The second kappa shape index (κ2) is 14.8. The van der Waals surface area contributed by atoms with Crippen molar-refractivity contribution in [2.45, 2.75) is 76.8 Å². The van der Waals surface area contributed by atoms with Crippen LogP contribution < -0.4 is 5.32 Å². The number of amides is 2. The van der Waals surface area contributed by atoms with Crippen LogP contribution in [-0.2, 0) is 24.5 Å². The lowest BCUT2D eigenvalue weighted by atomic mass is 9.69. The van der Waals surface area contributed by atoms with E-state index >= 15 is 0 Å². The van der Waals surface area contributed by atoms with Gasteiger partial charge in [0, 0.05) is 25.3 Å². The van der Waals surface area contributed by atoms with Crippen LogP contribution in [0.1, 0.15) is 82.0 Å². The van der Waals surface area contributed by atoms with E-state index in [1.807, 2.05) is 78.9 Å². The predicted molar refractivity (Wildman–Crippen MR) is 166 cm³/mol. The molecule has 6 nitrogen and oxygen atoms in total. The number of hydrogen-bond donors (Lipinski definition) is 1. The number of ether oxygens (including phenoxy) is 1. The Morgan fingerprint density at radius 2 is 1.45 bits per heavy atom. The Labute approximate surface area is 250 Å². The minimum Gasteiger partial charge on any atom is -0.465 e. The van der Waals surface area contributed by atoms with E-state index < -0.39 is 6.04 Å². The van der Waals surface area contributed by atoms with Crippen LogP contribution in [0.4, 0.5) is 0 Å². The summed E-state index contributed by atoms with van der Waals surface area (Å²) in [6.45, 7) is 6.68. The van der Waals surface area contributed by atoms with E-state index in [4.69, 9.17) is 4.74 Å². The minimum atomic E-state index is -0.463. The van der Waals surface area contributed by atoms with Gasteiger partial charge in [0.25, 0.3) is 0 Å². The van der Waals surface area contributed by atoms with E-state index in [2.05, 4.69) is 31.3 Å². The maximum atomic E-state index is 13.6. The largest absolute Gasteiger partial charge is 0.465 e. The number of nitrogens with one attached hydrogen (secondary N) is 1. The zero-order valence-electron chi connectivity index (χ0n) is 25.1. The third-order valence-electron chi connectivity index (χ3n) is 8.68. The molecule has 0 bridgehead atoms. The lowest BCUT2D eigenvalue weighted by Gasteiger charge is -2.38. The smallest absolute Gasteiger partial charge is 0.302 e. The molecular formula is C36H44N2O4. The van der Waals surface area contributed by atoms with Gasteiger partial charge in [0.05, 0.1) is 6.04 Å². The number of carbonyl (C=O) groups excluding carboxylic acids is 3. The van der Waals surface area contributed by atoms with Gasteiger partial charge < -0.3 is 15.0 Å². The van der Waals surface area contributed by atoms with E-state index in [1.165, 1.54) is 6.92 Å². The number of benzene rings is 3. The molecule has 1 unspecified atom stereocenters. The van der Waals surface area contributed by atoms with Crippen LogP contribution in [0.15, 0.2) is 91.0 Å². The van der Waals surface area contributed by atoms with E-state index in [0.717, 1.165) is 36.0 Å². The summed E-state index contributed by atoms with van der Waals surface area (Å²) >= 11 is 0. The molecule has 1 aliphatic rings. The molecule has 0 spiro atoms. The first-order valence-electron chi connectivity index (χ1n) is 15.2. The first kappa shape index (κ1) is 31.0. The van der Waals surface area contributed by atoms with Crippen LogP contribution >= 0.6 is 0 Å². The van der Waals surface area contributed by atoms with E-state index in [-0.39, 0.29) is 35.2 Å². The number of likely N-dealkylation sites (tertiary alicyclic amines) is 1. The number of carbonyl (C=O) groups is 3. The normalized spacial score (nSPS) is 16.3. The molecule has 222 valence electrons. The van der Waals surface area contributed by atoms with Crippen molar-refractivity contribution in [3.05, 3.63) is 108 Å². The van der Waals surface area contributed by atoms with Gasteiger partial charge in [0.1, 0.15) is 12.6 Å². The SMILES string of the molecule is CC(=O)OCC(CCCCC(=O)N1CCC[C@H]1C(=O)NC(c1ccccc1)c1ccccc1)(c1ccccc1)C(C)C. The average Bonchev–Trinajstić information content (AvgIpc) is 3.51. The Kier molecular flexibility index (Phi) is 10.9. The maximum Gasteiger partial charge on any atom is 0.302 e. The quantitative estimate of drug-likeness (QED) is 0.186. The topological polar surface area (TPSA) is 75.7 Å². The van der Waals surface area contributed by atoms with Gasteiger partial charge in [-0.2, -0.15) is 0 Å². The van der Waals surface area contributed by atoms with Crippen LogP contribution in [0.25, 0.3) is 0 Å². The molecule has 6 heteroatoms. The molecular weight excluding hydrogens is 524 g/mol. The van der Waals surface area contributed by atoms with Crippen LogP contribution in [0.3, 0.4) is 0 Å². The lowest BCUT2D eigenvalue weighted by Crippen LogP contribution is -2.47. The van der Waals surface area contributed by atoms with Gasteiger partial charge in [-0.25, -0.2) is 0 Å². The molecule has 0 saturated carbocycles. The molecule has 1 fully saturated rings. The summed E-state index contributed by atoms with van der Waals surface area (Å²) in [5.41, 5.74) is 2.84. The summed E-state index contributed by atoms with van der Waals surface area (Å²) in [5.74, 6) is -0.128. The van der Waals surface area contributed by atoms with Gasteiger partial charge in [-0.1, -0.05) is 111 Å². The molecule has 1 heterocycles. The van der Waals surface area contributed by atoms with Gasteiger partial charge in [0.15, 0.2) is 0 Å². The number of nitrogens with zero attached hydrogens (tertiary/aromatic N) is 1. The second-order valence-corrected chi connectivity index (χ2v) is 11.7. The van der Waals surface area contributed by atoms with E-state index in [0.29, 0.717) is 32.4 Å². The van der Waals surface area contributed by atoms with Crippen molar-refractivity contribution in [3.63, 3.8) is 0 Å². The zero-order chi connectivity index (χ0) is 30.0. The van der Waals surface area contributed by atoms with Crippen molar-refractivity contribution < 1.29 is 19.1 Å². The molecule has 3 aromatic rings. The molecule has 0 aliphatic carbocycles. The van der Waals surface area contributed by atoms with Crippen LogP contribution in [0, 0.1) is 5.92 Å². The molecule has 2 amide bonds. The molecule has 3 aromatic carbocycles. The summed E-state index contributed by atoms with van der Waals surface area (Å²) in [6.07, 6.45) is 4.20. The Morgan fingerprint density at radius 3 is 2.00 bits per heavy atom. The Hall–Kier alpha value is -3.93. The Balaban J connectivity index is 1.39. The monoisotopic (exact) mass is 568 g/mol. The number of hydrogen-bond acceptors (Lipinski definition) is 4. The second-order valence-electron chi connectivity index (χ2n) is 11.7. The van der Waals surface area contributed by atoms with Crippen molar-refractivity contribution >= 4 is 17.8 Å². The van der Waals surface area contributed by atoms with Gasteiger partial charge >= 0.3 is 5.97 Å². The number of rotatable bonds is 13. The summed E-state index contributed by atoms with van der Waals surface area (Å²) in [7, 11) is 0. The predicted octanol–water partition coefficient (Wildman–Crippen LogP) is 6.60. The number of unbranched alkanes of at least 4 members (excludes halogenated alkanes) is 1. The molecule has 42 heavy (non-hydrogen) atoms. The summed E-state index contributed by atoms with van der Waals surface area (Å²) < 4.78 is 5.56. The minimum absolute atomic E-state index is 0.0264. The molecule has 1 N–H and O–H groups in total. The first-order valence-corrected chi connectivity index (χ1v) is 15.2. The molecule has 0 radical (unpaired) electrons. The summed E-state index contributed by atoms with van der Waals surface area (Å²) in [5, 5.41) is 3.24. The molecule has 2 atom stereocenters. The van der Waals surface area contributed by atoms with Crippen LogP contribution in [0.2, 0.25) is 0 Å². The van der Waals surface area contributed by atoms with Gasteiger partial charge in [-0.05, 0) is 48.3 Å². The molecule has 4 rings (SSSR count). The van der Waals surface area contributed by atoms with Crippen molar-refractivity contribution in [1.29, 1.82) is 0 Å². The maximum absolute atomic E-state index is 13.6. The van der Waals surface area contributed by atoms with Gasteiger partial charge in [-0.15, -0.1) is 0 Å². The lowest BCUT2D eigenvalue weighted by molar-refractivity contribution is -0.143. The highest BCUT2D eigenvalue weighted by Gasteiger charge is 2.38. The first-order chi connectivity index (χ1) is 20.3. The third-order valence-corrected chi connectivity index (χ3v) is 8.68. The fraction of sp³-hybridized carbons (Fsp3) is 0.417. The van der Waals surface area contributed by atoms with Gasteiger partial charge in [0.2, 0.25) is 11.8 Å². The number of esters is 1. The van der Waals surface area contributed by atoms with Crippen LogP contribution in [-0.4, -0.2) is 41.9 Å². The van der Waals surface area contributed by atoms with Crippen molar-refractivity contribution in [3.8, 4) is 0 Å². The summed E-state index contributed by atoms with van der Waals surface area (Å²) in [6, 6.07) is 29.4. The average molecular weight is 569 g/mol. The third kappa shape index (κ3) is 7.67. The van der Waals surface area contributed by atoms with Gasteiger partial charge in [-0.3, -0.25) is 14.4 Å².